The molecule has 1 aromatic rings. The lowest BCUT2D eigenvalue weighted by Gasteiger charge is -1.93. The molecule has 0 aliphatic carbocycles. The van der Waals surface area contributed by atoms with Crippen LogP contribution in [0.4, 0.5) is 0 Å². The van der Waals surface area contributed by atoms with E-state index in [1.807, 2.05) is 6.26 Å². The van der Waals surface area contributed by atoms with Crippen molar-refractivity contribution in [3.63, 3.8) is 0 Å². The first-order valence-electron chi connectivity index (χ1n) is 2.87. The van der Waals surface area contributed by atoms with E-state index in [1.54, 1.807) is 6.92 Å². The van der Waals surface area contributed by atoms with Crippen molar-refractivity contribution in [1.29, 1.82) is 0 Å². The molecule has 0 unspecified atom stereocenters. The Morgan fingerprint density at radius 3 is 2.45 bits per heavy atom. The van der Waals surface area contributed by atoms with Gasteiger partial charge in [0.05, 0.1) is 6.04 Å². The summed E-state index contributed by atoms with van der Waals surface area (Å²) >= 11 is 1.41. The largest absolute Gasteiger partial charge is 0.414 e. The summed E-state index contributed by atoms with van der Waals surface area (Å²) in [6.45, 7) is 1.80. The summed E-state index contributed by atoms with van der Waals surface area (Å²) < 4.78 is 5.11. The van der Waals surface area contributed by atoms with Crippen LogP contribution in [0.5, 0.6) is 0 Å². The van der Waals surface area contributed by atoms with Gasteiger partial charge in [-0.15, -0.1) is 22.6 Å². The second-order valence-corrected chi connectivity index (χ2v) is 2.66. The predicted molar refractivity (Wildman–Crippen MR) is 45.9 cm³/mol. The van der Waals surface area contributed by atoms with Crippen LogP contribution in [0.25, 0.3) is 0 Å². The van der Waals surface area contributed by atoms with Crippen LogP contribution in [0.1, 0.15) is 18.9 Å². The van der Waals surface area contributed by atoms with Gasteiger partial charge < -0.3 is 10.2 Å². The maximum Gasteiger partial charge on any atom is 0.276 e. The topological polar surface area (TPSA) is 64.9 Å². The Kier molecular flexibility index (Phi) is 4.48. The van der Waals surface area contributed by atoms with Crippen LogP contribution >= 0.6 is 24.2 Å². The monoisotopic (exact) mass is 195 g/mol. The van der Waals surface area contributed by atoms with E-state index in [1.165, 1.54) is 11.8 Å². The van der Waals surface area contributed by atoms with Gasteiger partial charge >= 0.3 is 0 Å². The second-order valence-electron chi connectivity index (χ2n) is 1.90. The van der Waals surface area contributed by atoms with Crippen LogP contribution in [-0.2, 0) is 0 Å². The first kappa shape index (κ1) is 10.7. The highest BCUT2D eigenvalue weighted by atomic mass is 35.5. The van der Waals surface area contributed by atoms with Gasteiger partial charge in [-0.25, -0.2) is 0 Å². The summed E-state index contributed by atoms with van der Waals surface area (Å²) in [6.07, 6.45) is 1.87. The normalized spacial score (nSPS) is 12.3. The molecule has 0 bridgehead atoms. The molecule has 0 aliphatic rings. The van der Waals surface area contributed by atoms with Crippen molar-refractivity contribution in [3.05, 3.63) is 5.89 Å². The molecule has 0 saturated carbocycles. The molecular formula is C5H10ClN3OS. The minimum Gasteiger partial charge on any atom is -0.414 e. The molecule has 1 atom stereocenters. The summed E-state index contributed by atoms with van der Waals surface area (Å²) in [5.41, 5.74) is 5.48. The summed E-state index contributed by atoms with van der Waals surface area (Å²) in [6, 6.07) is -0.173. The number of halogens is 1. The van der Waals surface area contributed by atoms with Gasteiger partial charge in [0, 0.05) is 0 Å². The highest BCUT2D eigenvalue weighted by molar-refractivity contribution is 7.98. The van der Waals surface area contributed by atoms with Gasteiger partial charge in [-0.3, -0.25) is 0 Å². The highest BCUT2D eigenvalue weighted by Gasteiger charge is 2.07. The van der Waals surface area contributed by atoms with E-state index in [9.17, 15) is 0 Å². The van der Waals surface area contributed by atoms with Gasteiger partial charge in [0.25, 0.3) is 5.22 Å². The van der Waals surface area contributed by atoms with Crippen molar-refractivity contribution in [2.45, 2.75) is 18.2 Å². The standard InChI is InChI=1S/C5H9N3OS.ClH/c1-3(6)4-7-8-5(9-4)10-2;/h3H,6H2,1-2H3;1H/t3-;/m0./s1. The molecule has 0 radical (unpaired) electrons. The summed E-state index contributed by atoms with van der Waals surface area (Å²) in [4.78, 5) is 0. The molecule has 0 amide bonds. The minimum atomic E-state index is -0.173. The molecule has 0 fully saturated rings. The zero-order chi connectivity index (χ0) is 7.56. The number of thioether (sulfide) groups is 1. The van der Waals surface area contributed by atoms with Gasteiger partial charge in [-0.2, -0.15) is 0 Å². The smallest absolute Gasteiger partial charge is 0.276 e. The van der Waals surface area contributed by atoms with Gasteiger partial charge in [-0.1, -0.05) is 11.8 Å². The Morgan fingerprint density at radius 2 is 2.18 bits per heavy atom. The fourth-order valence-electron chi connectivity index (χ4n) is 0.487. The summed E-state index contributed by atoms with van der Waals surface area (Å²) in [5.74, 6) is 0.490. The first-order chi connectivity index (χ1) is 4.74. The fourth-order valence-corrected chi connectivity index (χ4v) is 0.778. The van der Waals surface area contributed by atoms with E-state index in [-0.39, 0.29) is 18.4 Å². The molecule has 64 valence electrons. The lowest BCUT2D eigenvalue weighted by Crippen LogP contribution is -2.04. The molecule has 0 spiro atoms. The number of aromatic nitrogens is 2. The van der Waals surface area contributed by atoms with Crippen molar-refractivity contribution >= 4 is 24.2 Å². The number of hydrogen-bond acceptors (Lipinski definition) is 5. The van der Waals surface area contributed by atoms with E-state index >= 15 is 0 Å². The second kappa shape index (κ2) is 4.58. The summed E-state index contributed by atoms with van der Waals surface area (Å²) in [5, 5.41) is 8.01. The van der Waals surface area contributed by atoms with Gasteiger partial charge in [0.2, 0.25) is 5.89 Å². The lowest BCUT2D eigenvalue weighted by molar-refractivity contribution is 0.394. The Bertz CT molecular complexity index is 215. The SMILES string of the molecule is CSc1nnc([C@H](C)N)o1.Cl. The van der Waals surface area contributed by atoms with Crippen molar-refractivity contribution in [2.75, 3.05) is 6.26 Å². The van der Waals surface area contributed by atoms with Crippen LogP contribution < -0.4 is 5.73 Å². The zero-order valence-corrected chi connectivity index (χ0v) is 7.91. The van der Waals surface area contributed by atoms with Gasteiger partial charge in [0.1, 0.15) is 0 Å². The van der Waals surface area contributed by atoms with Crippen LogP contribution in [0.3, 0.4) is 0 Å². The average molecular weight is 196 g/mol. The first-order valence-corrected chi connectivity index (χ1v) is 4.09. The third-order valence-electron chi connectivity index (χ3n) is 0.986. The Balaban J connectivity index is 0.000001000. The van der Waals surface area contributed by atoms with E-state index in [0.717, 1.165) is 0 Å². The van der Waals surface area contributed by atoms with Gasteiger partial charge in [0.15, 0.2) is 0 Å². The molecule has 4 nitrogen and oxygen atoms in total. The Hall–Kier alpha value is -0.260. The Labute approximate surface area is 75.3 Å². The van der Waals surface area contributed by atoms with E-state index in [2.05, 4.69) is 10.2 Å². The fraction of sp³-hybridized carbons (Fsp3) is 0.600. The lowest BCUT2D eigenvalue weighted by atomic mass is 10.4. The maximum absolute atomic E-state index is 5.48. The number of rotatable bonds is 2. The third-order valence-corrected chi connectivity index (χ3v) is 1.50. The predicted octanol–water partition coefficient (Wildman–Crippen LogP) is 1.23. The van der Waals surface area contributed by atoms with Crippen LogP contribution in [0.2, 0.25) is 0 Å². The van der Waals surface area contributed by atoms with E-state index < -0.39 is 0 Å². The molecule has 2 N–H and O–H groups in total. The summed E-state index contributed by atoms with van der Waals surface area (Å²) in [7, 11) is 0. The van der Waals surface area contributed by atoms with Crippen LogP contribution in [0, 0.1) is 0 Å². The van der Waals surface area contributed by atoms with Crippen molar-refractivity contribution in [3.8, 4) is 0 Å². The van der Waals surface area contributed by atoms with Gasteiger partial charge in [-0.05, 0) is 13.2 Å². The van der Waals surface area contributed by atoms with E-state index in [0.29, 0.717) is 11.1 Å². The minimum absolute atomic E-state index is 0. The molecule has 1 aromatic heterocycles. The molecule has 0 saturated heterocycles. The molecular weight excluding hydrogens is 186 g/mol. The molecule has 1 rings (SSSR count). The number of nitrogens with two attached hydrogens (primary N) is 1. The van der Waals surface area contributed by atoms with Crippen molar-refractivity contribution in [1.82, 2.24) is 10.2 Å². The average Bonchev–Trinajstić information content (AvgIpc) is 2.34. The highest BCUT2D eigenvalue weighted by Crippen LogP contribution is 2.14. The molecule has 11 heavy (non-hydrogen) atoms. The Morgan fingerprint density at radius 1 is 1.55 bits per heavy atom. The zero-order valence-electron chi connectivity index (χ0n) is 6.27. The maximum atomic E-state index is 5.48. The number of hydrogen-bond donors (Lipinski definition) is 1. The molecule has 6 heteroatoms. The van der Waals surface area contributed by atoms with E-state index in [4.69, 9.17) is 10.2 Å². The van der Waals surface area contributed by atoms with Crippen LogP contribution in [0.15, 0.2) is 9.64 Å². The van der Waals surface area contributed by atoms with Crippen LogP contribution in [-0.4, -0.2) is 16.5 Å². The number of nitrogens with zero attached hydrogens (tertiary/aromatic N) is 2. The molecule has 0 aliphatic heterocycles. The van der Waals surface area contributed by atoms with Crippen molar-refractivity contribution < 1.29 is 4.42 Å². The molecule has 1 heterocycles. The quantitative estimate of drug-likeness (QED) is 0.720. The molecule has 0 aromatic carbocycles. The van der Waals surface area contributed by atoms with Crippen molar-refractivity contribution in [2.24, 2.45) is 5.73 Å². The third kappa shape index (κ3) is 2.69.